The first kappa shape index (κ1) is 12.7. The lowest BCUT2D eigenvalue weighted by molar-refractivity contribution is 0.617. The standard InChI is InChI=1S/C11H14FN5S/c1-3-13-11-15-4-8(12)10(17-11)14-5-9-7(2)16-6-18-9/h4,6H,3,5H2,1-2H3,(H2,13,14,15,17). The third-order valence-electron chi connectivity index (χ3n) is 2.34. The normalized spacial score (nSPS) is 10.4. The molecule has 0 aliphatic heterocycles. The maximum atomic E-state index is 13.5. The Kier molecular flexibility index (Phi) is 4.03. The van der Waals surface area contributed by atoms with Crippen LogP contribution in [0.5, 0.6) is 0 Å². The average molecular weight is 267 g/mol. The van der Waals surface area contributed by atoms with Crippen molar-refractivity contribution in [2.75, 3.05) is 17.2 Å². The Balaban J connectivity index is 2.08. The van der Waals surface area contributed by atoms with Gasteiger partial charge in [0.05, 0.1) is 23.9 Å². The van der Waals surface area contributed by atoms with Crippen molar-refractivity contribution in [3.05, 3.63) is 28.1 Å². The van der Waals surface area contributed by atoms with Gasteiger partial charge in [0.2, 0.25) is 5.95 Å². The van der Waals surface area contributed by atoms with E-state index in [2.05, 4.69) is 25.6 Å². The number of hydrogen-bond donors (Lipinski definition) is 2. The third-order valence-corrected chi connectivity index (χ3v) is 3.28. The summed E-state index contributed by atoms with van der Waals surface area (Å²) in [5.74, 6) is 0.162. The van der Waals surface area contributed by atoms with Gasteiger partial charge < -0.3 is 10.6 Å². The highest BCUT2D eigenvalue weighted by Crippen LogP contribution is 2.16. The fourth-order valence-electron chi connectivity index (χ4n) is 1.39. The van der Waals surface area contributed by atoms with Crippen molar-refractivity contribution in [2.24, 2.45) is 0 Å². The predicted octanol–water partition coefficient (Wildman–Crippen LogP) is 2.42. The summed E-state index contributed by atoms with van der Waals surface area (Å²) in [5.41, 5.74) is 2.72. The molecule has 0 spiro atoms. The molecule has 0 saturated carbocycles. The summed E-state index contributed by atoms with van der Waals surface area (Å²) < 4.78 is 13.5. The summed E-state index contributed by atoms with van der Waals surface area (Å²) in [5, 5.41) is 5.90. The maximum Gasteiger partial charge on any atom is 0.224 e. The lowest BCUT2D eigenvalue weighted by Crippen LogP contribution is -2.08. The zero-order valence-electron chi connectivity index (χ0n) is 10.2. The molecule has 2 N–H and O–H groups in total. The van der Waals surface area contributed by atoms with Crippen LogP contribution in [0.15, 0.2) is 11.7 Å². The molecule has 7 heteroatoms. The van der Waals surface area contributed by atoms with E-state index in [1.807, 2.05) is 13.8 Å². The fourth-order valence-corrected chi connectivity index (χ4v) is 2.11. The summed E-state index contributed by atoms with van der Waals surface area (Å²) in [6.07, 6.45) is 1.16. The minimum atomic E-state index is -0.459. The van der Waals surface area contributed by atoms with E-state index in [4.69, 9.17) is 0 Å². The zero-order chi connectivity index (χ0) is 13.0. The molecular weight excluding hydrogens is 253 g/mol. The van der Waals surface area contributed by atoms with Gasteiger partial charge in [0.25, 0.3) is 0 Å². The Hall–Kier alpha value is -1.76. The van der Waals surface area contributed by atoms with E-state index in [0.29, 0.717) is 19.0 Å². The largest absolute Gasteiger partial charge is 0.363 e. The van der Waals surface area contributed by atoms with Crippen LogP contribution in [0.25, 0.3) is 0 Å². The number of aryl methyl sites for hydroxylation is 1. The van der Waals surface area contributed by atoms with E-state index >= 15 is 0 Å². The number of rotatable bonds is 5. The highest BCUT2D eigenvalue weighted by atomic mass is 32.1. The zero-order valence-corrected chi connectivity index (χ0v) is 11.0. The number of halogens is 1. The molecule has 0 unspecified atom stereocenters. The molecule has 0 bridgehead atoms. The summed E-state index contributed by atoms with van der Waals surface area (Å²) >= 11 is 1.53. The van der Waals surface area contributed by atoms with Gasteiger partial charge in [0.1, 0.15) is 0 Å². The van der Waals surface area contributed by atoms with Gasteiger partial charge in [-0.25, -0.2) is 14.4 Å². The summed E-state index contributed by atoms with van der Waals surface area (Å²) in [6.45, 7) is 5.06. The number of anilines is 2. The topological polar surface area (TPSA) is 62.7 Å². The molecule has 0 aliphatic carbocycles. The molecule has 2 heterocycles. The van der Waals surface area contributed by atoms with Gasteiger partial charge in [-0.15, -0.1) is 11.3 Å². The smallest absolute Gasteiger partial charge is 0.224 e. The molecule has 0 fully saturated rings. The number of nitrogens with one attached hydrogen (secondary N) is 2. The third kappa shape index (κ3) is 2.92. The van der Waals surface area contributed by atoms with Gasteiger partial charge in [-0.2, -0.15) is 4.98 Å². The van der Waals surface area contributed by atoms with Crippen LogP contribution in [0.1, 0.15) is 17.5 Å². The maximum absolute atomic E-state index is 13.5. The summed E-state index contributed by atoms with van der Waals surface area (Å²) in [7, 11) is 0. The van der Waals surface area contributed by atoms with Crippen LogP contribution >= 0.6 is 11.3 Å². The van der Waals surface area contributed by atoms with E-state index in [-0.39, 0.29) is 5.82 Å². The molecule has 96 valence electrons. The number of nitrogens with zero attached hydrogens (tertiary/aromatic N) is 3. The molecule has 18 heavy (non-hydrogen) atoms. The SMILES string of the molecule is CCNc1ncc(F)c(NCc2scnc2C)n1. The Labute approximate surface area is 109 Å². The number of aromatic nitrogens is 3. The van der Waals surface area contributed by atoms with Crippen molar-refractivity contribution in [3.8, 4) is 0 Å². The molecule has 5 nitrogen and oxygen atoms in total. The van der Waals surface area contributed by atoms with Crippen molar-refractivity contribution < 1.29 is 4.39 Å². The monoisotopic (exact) mass is 267 g/mol. The molecule has 2 aromatic heterocycles. The van der Waals surface area contributed by atoms with E-state index in [1.165, 1.54) is 11.3 Å². The van der Waals surface area contributed by atoms with E-state index in [9.17, 15) is 4.39 Å². The Morgan fingerprint density at radius 2 is 2.17 bits per heavy atom. The van der Waals surface area contributed by atoms with Crippen molar-refractivity contribution in [3.63, 3.8) is 0 Å². The van der Waals surface area contributed by atoms with Crippen LogP contribution in [0.3, 0.4) is 0 Å². The molecule has 0 aromatic carbocycles. The van der Waals surface area contributed by atoms with Gasteiger partial charge in [-0.1, -0.05) is 0 Å². The van der Waals surface area contributed by atoms with Crippen LogP contribution in [0.2, 0.25) is 0 Å². The minimum Gasteiger partial charge on any atom is -0.363 e. The van der Waals surface area contributed by atoms with Gasteiger partial charge in [-0.3, -0.25) is 0 Å². The second-order valence-electron chi connectivity index (χ2n) is 3.63. The predicted molar refractivity (Wildman–Crippen MR) is 70.3 cm³/mol. The Bertz CT molecular complexity index is 528. The second kappa shape index (κ2) is 5.72. The van der Waals surface area contributed by atoms with Gasteiger partial charge in [0.15, 0.2) is 11.6 Å². The Morgan fingerprint density at radius 3 is 2.83 bits per heavy atom. The van der Waals surface area contributed by atoms with Crippen LogP contribution in [0, 0.1) is 12.7 Å². The first-order valence-electron chi connectivity index (χ1n) is 5.60. The van der Waals surface area contributed by atoms with Crippen molar-refractivity contribution in [1.29, 1.82) is 0 Å². The highest BCUT2D eigenvalue weighted by Gasteiger charge is 2.08. The van der Waals surface area contributed by atoms with Crippen LogP contribution < -0.4 is 10.6 Å². The van der Waals surface area contributed by atoms with E-state index < -0.39 is 5.82 Å². The minimum absolute atomic E-state index is 0.203. The fraction of sp³-hybridized carbons (Fsp3) is 0.364. The van der Waals surface area contributed by atoms with Gasteiger partial charge >= 0.3 is 0 Å². The van der Waals surface area contributed by atoms with E-state index in [1.54, 1.807) is 5.51 Å². The highest BCUT2D eigenvalue weighted by molar-refractivity contribution is 7.09. The van der Waals surface area contributed by atoms with Crippen LogP contribution in [0.4, 0.5) is 16.2 Å². The van der Waals surface area contributed by atoms with Crippen LogP contribution in [-0.4, -0.2) is 21.5 Å². The molecule has 0 atom stereocenters. The summed E-state index contributed by atoms with van der Waals surface area (Å²) in [4.78, 5) is 13.1. The first-order chi connectivity index (χ1) is 8.70. The molecule has 0 saturated heterocycles. The van der Waals surface area contributed by atoms with E-state index in [0.717, 1.165) is 16.8 Å². The van der Waals surface area contributed by atoms with Crippen LogP contribution in [-0.2, 0) is 6.54 Å². The second-order valence-corrected chi connectivity index (χ2v) is 4.57. The van der Waals surface area contributed by atoms with Crippen molar-refractivity contribution >= 4 is 23.1 Å². The van der Waals surface area contributed by atoms with Crippen molar-refractivity contribution in [1.82, 2.24) is 15.0 Å². The van der Waals surface area contributed by atoms with Crippen molar-refractivity contribution in [2.45, 2.75) is 20.4 Å². The molecular formula is C11H14FN5S. The first-order valence-corrected chi connectivity index (χ1v) is 6.48. The average Bonchev–Trinajstić information content (AvgIpc) is 2.76. The molecule has 2 rings (SSSR count). The molecule has 0 radical (unpaired) electrons. The lowest BCUT2D eigenvalue weighted by atomic mass is 10.4. The van der Waals surface area contributed by atoms with Gasteiger partial charge in [0, 0.05) is 11.4 Å². The molecule has 0 aliphatic rings. The number of thiazole rings is 1. The quantitative estimate of drug-likeness (QED) is 0.871. The lowest BCUT2D eigenvalue weighted by Gasteiger charge is -2.07. The molecule has 2 aromatic rings. The number of hydrogen-bond acceptors (Lipinski definition) is 6. The Morgan fingerprint density at radius 1 is 1.33 bits per heavy atom. The molecule has 0 amide bonds. The summed E-state index contributed by atoms with van der Waals surface area (Å²) in [6, 6.07) is 0. The van der Waals surface area contributed by atoms with Gasteiger partial charge in [-0.05, 0) is 13.8 Å².